The Kier molecular flexibility index (Phi) is 3.74. The highest BCUT2D eigenvalue weighted by Crippen LogP contribution is 2.22. The Hall–Kier alpha value is -3.28. The number of carbonyl (C=O) groups excluding carboxylic acids is 1. The minimum absolute atomic E-state index is 0.176. The van der Waals surface area contributed by atoms with E-state index < -0.39 is 11.6 Å². The van der Waals surface area contributed by atoms with Crippen LogP contribution in [0.25, 0.3) is 0 Å². The summed E-state index contributed by atoms with van der Waals surface area (Å²) >= 11 is 0. The molecular formula is C16H13N3O3. The standard InChI is InChI=1S/C16H13N3O3/c20-15(14-10-17-16(21)19-14)18-11-6-8-13(9-7-11)22-12-4-2-1-3-5-12/h1-10H,(H,18,20)(H2,17,19,21). The second-order valence-electron chi connectivity index (χ2n) is 4.55. The molecule has 1 aromatic heterocycles. The Morgan fingerprint density at radius 1 is 0.955 bits per heavy atom. The smallest absolute Gasteiger partial charge is 0.323 e. The molecule has 22 heavy (non-hydrogen) atoms. The number of aromatic amines is 2. The van der Waals surface area contributed by atoms with Gasteiger partial charge in [0, 0.05) is 11.9 Å². The summed E-state index contributed by atoms with van der Waals surface area (Å²) in [5.41, 5.74) is 0.360. The molecule has 0 saturated carbocycles. The Bertz CT molecular complexity index is 820. The summed E-state index contributed by atoms with van der Waals surface area (Å²) in [6.07, 6.45) is 1.32. The van der Waals surface area contributed by atoms with Crippen LogP contribution in [0, 0.1) is 0 Å². The summed E-state index contributed by atoms with van der Waals surface area (Å²) in [7, 11) is 0. The van der Waals surface area contributed by atoms with Gasteiger partial charge in [0.2, 0.25) is 0 Å². The molecule has 0 bridgehead atoms. The number of aromatic nitrogens is 2. The number of benzene rings is 2. The molecule has 1 amide bonds. The van der Waals surface area contributed by atoms with Gasteiger partial charge >= 0.3 is 5.69 Å². The van der Waals surface area contributed by atoms with E-state index in [0.29, 0.717) is 11.4 Å². The number of nitrogens with one attached hydrogen (secondary N) is 3. The minimum Gasteiger partial charge on any atom is -0.457 e. The molecule has 1 heterocycles. The van der Waals surface area contributed by atoms with Crippen LogP contribution in [0.15, 0.2) is 65.6 Å². The molecule has 6 nitrogen and oxygen atoms in total. The van der Waals surface area contributed by atoms with Gasteiger partial charge in [-0.1, -0.05) is 18.2 Å². The van der Waals surface area contributed by atoms with E-state index in [1.54, 1.807) is 24.3 Å². The SMILES string of the molecule is O=C(Nc1ccc(Oc2ccccc2)cc1)c1c[nH]c(=O)[nH]1. The molecule has 0 aliphatic rings. The van der Waals surface area contributed by atoms with Gasteiger partial charge in [-0.3, -0.25) is 4.79 Å². The van der Waals surface area contributed by atoms with Crippen molar-refractivity contribution < 1.29 is 9.53 Å². The van der Waals surface area contributed by atoms with Gasteiger partial charge in [0.05, 0.1) is 0 Å². The molecule has 2 aromatic carbocycles. The van der Waals surface area contributed by atoms with E-state index in [1.165, 1.54) is 6.20 Å². The van der Waals surface area contributed by atoms with Crippen molar-refractivity contribution in [3.63, 3.8) is 0 Å². The van der Waals surface area contributed by atoms with Gasteiger partial charge in [-0.25, -0.2) is 4.79 Å². The first-order valence-corrected chi connectivity index (χ1v) is 6.63. The largest absolute Gasteiger partial charge is 0.457 e. The lowest BCUT2D eigenvalue weighted by Crippen LogP contribution is -2.13. The predicted octanol–water partition coefficient (Wildman–Crippen LogP) is 2.75. The molecule has 3 rings (SSSR count). The summed E-state index contributed by atoms with van der Waals surface area (Å²) in [6.45, 7) is 0. The van der Waals surface area contributed by atoms with Gasteiger partial charge in [-0.2, -0.15) is 0 Å². The fourth-order valence-electron chi connectivity index (χ4n) is 1.88. The Morgan fingerprint density at radius 2 is 1.64 bits per heavy atom. The molecule has 3 N–H and O–H groups in total. The van der Waals surface area contributed by atoms with Crippen LogP contribution in [0.2, 0.25) is 0 Å². The van der Waals surface area contributed by atoms with Crippen LogP contribution < -0.4 is 15.7 Å². The molecule has 0 saturated heterocycles. The van der Waals surface area contributed by atoms with Crippen molar-refractivity contribution in [1.82, 2.24) is 9.97 Å². The zero-order valence-corrected chi connectivity index (χ0v) is 11.5. The van der Waals surface area contributed by atoms with E-state index in [2.05, 4.69) is 15.3 Å². The average molecular weight is 295 g/mol. The summed E-state index contributed by atoms with van der Waals surface area (Å²) in [4.78, 5) is 27.6. The zero-order valence-electron chi connectivity index (χ0n) is 11.5. The first-order valence-electron chi connectivity index (χ1n) is 6.63. The number of para-hydroxylation sites is 1. The van der Waals surface area contributed by atoms with Crippen LogP contribution in [0.1, 0.15) is 10.5 Å². The molecule has 3 aromatic rings. The van der Waals surface area contributed by atoms with Crippen molar-refractivity contribution >= 4 is 11.6 Å². The number of carbonyl (C=O) groups is 1. The van der Waals surface area contributed by atoms with E-state index in [9.17, 15) is 9.59 Å². The second kappa shape index (κ2) is 6.01. The molecule has 0 unspecified atom stereocenters. The van der Waals surface area contributed by atoms with Crippen LogP contribution in [-0.2, 0) is 0 Å². The third kappa shape index (κ3) is 3.24. The maximum atomic E-state index is 11.9. The van der Waals surface area contributed by atoms with Gasteiger partial charge in [-0.15, -0.1) is 0 Å². The van der Waals surface area contributed by atoms with Crippen molar-refractivity contribution in [2.75, 3.05) is 5.32 Å². The average Bonchev–Trinajstić information content (AvgIpc) is 2.97. The van der Waals surface area contributed by atoms with E-state index in [0.717, 1.165) is 5.75 Å². The third-order valence-corrected chi connectivity index (χ3v) is 2.93. The first-order chi connectivity index (χ1) is 10.7. The van der Waals surface area contributed by atoms with Gasteiger partial charge in [0.25, 0.3) is 5.91 Å². The van der Waals surface area contributed by atoms with Crippen molar-refractivity contribution in [3.05, 3.63) is 77.0 Å². The van der Waals surface area contributed by atoms with Crippen LogP contribution in [0.4, 0.5) is 5.69 Å². The van der Waals surface area contributed by atoms with E-state index >= 15 is 0 Å². The first kappa shape index (κ1) is 13.7. The highest BCUT2D eigenvalue weighted by molar-refractivity contribution is 6.02. The minimum atomic E-state index is -0.420. The Morgan fingerprint density at radius 3 is 2.27 bits per heavy atom. The van der Waals surface area contributed by atoms with Crippen molar-refractivity contribution in [1.29, 1.82) is 0 Å². The van der Waals surface area contributed by atoms with E-state index in [4.69, 9.17) is 4.74 Å². The quantitative estimate of drug-likeness (QED) is 0.691. The summed E-state index contributed by atoms with van der Waals surface area (Å²) in [5, 5.41) is 2.68. The molecule has 0 atom stereocenters. The number of hydrogen-bond acceptors (Lipinski definition) is 3. The number of H-pyrrole nitrogens is 2. The number of hydrogen-bond donors (Lipinski definition) is 3. The maximum absolute atomic E-state index is 11.9. The number of ether oxygens (including phenoxy) is 1. The lowest BCUT2D eigenvalue weighted by Gasteiger charge is -2.07. The molecule has 0 spiro atoms. The number of imidazole rings is 1. The normalized spacial score (nSPS) is 10.2. The zero-order chi connectivity index (χ0) is 15.4. The fourth-order valence-corrected chi connectivity index (χ4v) is 1.88. The monoisotopic (exact) mass is 295 g/mol. The number of anilines is 1. The lowest BCUT2D eigenvalue weighted by molar-refractivity contribution is 0.102. The molecule has 0 aliphatic carbocycles. The van der Waals surface area contributed by atoms with Gasteiger partial charge in [0.1, 0.15) is 17.2 Å². The van der Waals surface area contributed by atoms with Gasteiger partial charge < -0.3 is 20.0 Å². The van der Waals surface area contributed by atoms with E-state index in [1.807, 2.05) is 30.3 Å². The van der Waals surface area contributed by atoms with Gasteiger partial charge in [0.15, 0.2) is 0 Å². The van der Waals surface area contributed by atoms with E-state index in [-0.39, 0.29) is 5.69 Å². The lowest BCUT2D eigenvalue weighted by atomic mass is 10.3. The summed E-state index contributed by atoms with van der Waals surface area (Å²) in [5.74, 6) is 1.01. The molecule has 110 valence electrons. The predicted molar refractivity (Wildman–Crippen MR) is 82.3 cm³/mol. The molecular weight excluding hydrogens is 282 g/mol. The van der Waals surface area contributed by atoms with Crippen LogP contribution in [0.5, 0.6) is 11.5 Å². The summed E-state index contributed by atoms with van der Waals surface area (Å²) in [6, 6.07) is 16.4. The maximum Gasteiger partial charge on any atom is 0.323 e. The van der Waals surface area contributed by atoms with Crippen molar-refractivity contribution in [2.24, 2.45) is 0 Å². The summed E-state index contributed by atoms with van der Waals surface area (Å²) < 4.78 is 5.66. The van der Waals surface area contributed by atoms with Gasteiger partial charge in [-0.05, 0) is 36.4 Å². The highest BCUT2D eigenvalue weighted by Gasteiger charge is 2.08. The van der Waals surface area contributed by atoms with Crippen molar-refractivity contribution in [3.8, 4) is 11.5 Å². The highest BCUT2D eigenvalue weighted by atomic mass is 16.5. The van der Waals surface area contributed by atoms with Crippen LogP contribution in [-0.4, -0.2) is 15.9 Å². The Labute approximate surface area is 125 Å². The second-order valence-corrected chi connectivity index (χ2v) is 4.55. The number of amides is 1. The fraction of sp³-hybridized carbons (Fsp3) is 0. The Balaban J connectivity index is 1.66. The number of rotatable bonds is 4. The van der Waals surface area contributed by atoms with Crippen molar-refractivity contribution in [2.45, 2.75) is 0 Å². The topological polar surface area (TPSA) is 87.0 Å². The molecule has 0 aliphatic heterocycles. The van der Waals surface area contributed by atoms with Crippen LogP contribution in [0.3, 0.4) is 0 Å². The molecule has 0 radical (unpaired) electrons. The molecule has 6 heteroatoms. The molecule has 0 fully saturated rings. The third-order valence-electron chi connectivity index (χ3n) is 2.93. The van der Waals surface area contributed by atoms with Crippen LogP contribution >= 0.6 is 0 Å².